The molecule has 0 N–H and O–H groups in total. The van der Waals surface area contributed by atoms with Crippen molar-refractivity contribution >= 4 is 11.7 Å². The molecule has 1 saturated heterocycles. The maximum absolute atomic E-state index is 13.3. The van der Waals surface area contributed by atoms with Crippen LogP contribution in [0.5, 0.6) is 5.75 Å². The van der Waals surface area contributed by atoms with Gasteiger partial charge in [0.1, 0.15) is 0 Å². The summed E-state index contributed by atoms with van der Waals surface area (Å²) >= 11 is 0. The molecule has 5 nitrogen and oxygen atoms in total. The summed E-state index contributed by atoms with van der Waals surface area (Å²) in [7, 11) is 0. The van der Waals surface area contributed by atoms with Crippen molar-refractivity contribution in [3.8, 4) is 5.75 Å². The zero-order valence-electron chi connectivity index (χ0n) is 15.2. The highest BCUT2D eigenvalue weighted by atomic mass is 16.5. The van der Waals surface area contributed by atoms with Crippen LogP contribution >= 0.6 is 0 Å². The molecule has 1 fully saturated rings. The van der Waals surface area contributed by atoms with Gasteiger partial charge in [0.05, 0.1) is 6.04 Å². The number of rotatable bonds is 5. The van der Waals surface area contributed by atoms with Gasteiger partial charge in [-0.2, -0.15) is 0 Å². The Kier molecular flexibility index (Phi) is 4.89. The minimum atomic E-state index is -0.448. The van der Waals surface area contributed by atoms with Gasteiger partial charge in [-0.1, -0.05) is 37.3 Å². The third kappa shape index (κ3) is 3.19. The van der Waals surface area contributed by atoms with Gasteiger partial charge in [-0.3, -0.25) is 9.69 Å². The number of carbonyl (C=O) groups is 1. The van der Waals surface area contributed by atoms with E-state index in [0.29, 0.717) is 18.0 Å². The van der Waals surface area contributed by atoms with E-state index in [1.807, 2.05) is 42.2 Å². The van der Waals surface area contributed by atoms with E-state index in [2.05, 4.69) is 22.0 Å². The fourth-order valence-corrected chi connectivity index (χ4v) is 3.90. The van der Waals surface area contributed by atoms with Gasteiger partial charge in [0.25, 0.3) is 5.91 Å². The Hall–Kier alpha value is -2.40. The van der Waals surface area contributed by atoms with Crippen LogP contribution in [-0.2, 0) is 4.79 Å². The second-order valence-corrected chi connectivity index (χ2v) is 6.98. The van der Waals surface area contributed by atoms with Crippen molar-refractivity contribution in [2.24, 2.45) is 0 Å². The van der Waals surface area contributed by atoms with Gasteiger partial charge < -0.3 is 9.64 Å². The van der Waals surface area contributed by atoms with Crippen molar-refractivity contribution in [1.29, 1.82) is 0 Å². The largest absolute Gasteiger partial charge is 0.477 e. The molecule has 2 unspecified atom stereocenters. The first kappa shape index (κ1) is 17.0. The molecule has 1 aromatic heterocycles. The molecule has 2 atom stereocenters. The Morgan fingerprint density at radius 2 is 1.92 bits per heavy atom. The quantitative estimate of drug-likeness (QED) is 0.828. The predicted molar refractivity (Wildman–Crippen MR) is 101 cm³/mol. The van der Waals surface area contributed by atoms with Crippen molar-refractivity contribution < 1.29 is 9.53 Å². The smallest absolute Gasteiger partial charge is 0.269 e. The summed E-state index contributed by atoms with van der Waals surface area (Å²) in [5, 5.41) is 0. The second-order valence-electron chi connectivity index (χ2n) is 6.98. The lowest BCUT2D eigenvalue weighted by molar-refractivity contribution is -0.127. The molecule has 136 valence electrons. The molecule has 1 aromatic carbocycles. The lowest BCUT2D eigenvalue weighted by Gasteiger charge is -2.39. The van der Waals surface area contributed by atoms with Crippen LogP contribution in [0.15, 0.2) is 48.7 Å². The monoisotopic (exact) mass is 351 g/mol. The fourth-order valence-electron chi connectivity index (χ4n) is 3.90. The summed E-state index contributed by atoms with van der Waals surface area (Å²) in [6, 6.07) is 14.0. The van der Waals surface area contributed by atoms with Crippen molar-refractivity contribution in [2.45, 2.75) is 38.3 Å². The summed E-state index contributed by atoms with van der Waals surface area (Å²) in [5.41, 5.74) is 1.14. The zero-order valence-corrected chi connectivity index (χ0v) is 15.2. The maximum Gasteiger partial charge on any atom is 0.269 e. The topological polar surface area (TPSA) is 45.7 Å². The number of ether oxygens (including phenoxy) is 1. The van der Waals surface area contributed by atoms with Crippen LogP contribution in [0, 0.1) is 0 Å². The Balaban J connectivity index is 1.76. The van der Waals surface area contributed by atoms with Crippen LogP contribution in [0.3, 0.4) is 0 Å². The van der Waals surface area contributed by atoms with Crippen LogP contribution in [-0.4, -0.2) is 41.5 Å². The van der Waals surface area contributed by atoms with Crippen LogP contribution < -0.4 is 9.64 Å². The van der Waals surface area contributed by atoms with Crippen LogP contribution in [0.4, 0.5) is 5.82 Å². The summed E-state index contributed by atoms with van der Waals surface area (Å²) in [6.45, 7) is 4.99. The van der Waals surface area contributed by atoms with E-state index in [1.165, 1.54) is 12.8 Å². The average molecular weight is 351 g/mol. The number of aromatic nitrogens is 1. The van der Waals surface area contributed by atoms with Crippen molar-refractivity contribution in [3.05, 3.63) is 54.2 Å². The Morgan fingerprint density at radius 3 is 2.65 bits per heavy atom. The number of nitrogens with zero attached hydrogens (tertiary/aromatic N) is 3. The number of amides is 1. The summed E-state index contributed by atoms with van der Waals surface area (Å²) in [4.78, 5) is 22.1. The summed E-state index contributed by atoms with van der Waals surface area (Å²) < 4.78 is 5.91. The Bertz CT molecular complexity index is 759. The van der Waals surface area contributed by atoms with Crippen LogP contribution in [0.25, 0.3) is 0 Å². The molecule has 26 heavy (non-hydrogen) atoms. The molecule has 2 aliphatic heterocycles. The second kappa shape index (κ2) is 7.46. The van der Waals surface area contributed by atoms with Crippen molar-refractivity contribution in [2.75, 3.05) is 24.5 Å². The summed E-state index contributed by atoms with van der Waals surface area (Å²) in [6.07, 6.45) is 4.38. The van der Waals surface area contributed by atoms with Gasteiger partial charge >= 0.3 is 0 Å². The van der Waals surface area contributed by atoms with E-state index in [9.17, 15) is 4.79 Å². The van der Waals surface area contributed by atoms with E-state index in [-0.39, 0.29) is 11.9 Å². The number of benzene rings is 1. The van der Waals surface area contributed by atoms with Crippen molar-refractivity contribution in [3.63, 3.8) is 0 Å². The number of hydrogen-bond donors (Lipinski definition) is 0. The van der Waals surface area contributed by atoms with Crippen molar-refractivity contribution in [1.82, 2.24) is 9.88 Å². The number of pyridine rings is 1. The Labute approximate surface area is 154 Å². The lowest BCUT2D eigenvalue weighted by Crippen LogP contribution is -2.50. The molecule has 0 radical (unpaired) electrons. The van der Waals surface area contributed by atoms with Gasteiger partial charge in [0.15, 0.2) is 17.7 Å². The highest BCUT2D eigenvalue weighted by molar-refractivity contribution is 5.99. The number of carbonyl (C=O) groups excluding carboxylic acids is 1. The van der Waals surface area contributed by atoms with Gasteiger partial charge in [-0.05, 0) is 50.0 Å². The fraction of sp³-hybridized carbons (Fsp3) is 0.429. The van der Waals surface area contributed by atoms with E-state index in [4.69, 9.17) is 4.74 Å². The minimum Gasteiger partial charge on any atom is -0.477 e. The van der Waals surface area contributed by atoms with Gasteiger partial charge in [-0.15, -0.1) is 0 Å². The average Bonchev–Trinajstić information content (AvgIpc) is 3.20. The molecular formula is C21H25N3O2. The molecule has 0 spiro atoms. The molecule has 2 aliphatic rings. The third-order valence-corrected chi connectivity index (χ3v) is 5.26. The minimum absolute atomic E-state index is 0.00625. The SMILES string of the molecule is CCC1Oc2cccnc2N(C(CN2CCCC2)c2ccccc2)C1=O. The first-order valence-electron chi connectivity index (χ1n) is 9.50. The predicted octanol–water partition coefficient (Wildman–Crippen LogP) is 3.42. The van der Waals surface area contributed by atoms with Crippen LogP contribution in [0.1, 0.15) is 37.8 Å². The van der Waals surface area contributed by atoms with E-state index >= 15 is 0 Å². The maximum atomic E-state index is 13.3. The molecule has 5 heteroatoms. The van der Waals surface area contributed by atoms with Gasteiger partial charge in [0.2, 0.25) is 0 Å². The third-order valence-electron chi connectivity index (χ3n) is 5.26. The highest BCUT2D eigenvalue weighted by Crippen LogP contribution is 2.38. The van der Waals surface area contributed by atoms with E-state index < -0.39 is 6.10 Å². The standard InChI is InChI=1S/C21H25N3O2/c1-2-18-21(25)24(20-19(26-18)11-8-12-22-20)17(15-23-13-6-7-14-23)16-9-4-3-5-10-16/h3-5,8-12,17-18H,2,6-7,13-15H2,1H3. The molecule has 0 bridgehead atoms. The first-order valence-corrected chi connectivity index (χ1v) is 9.50. The molecule has 3 heterocycles. The Morgan fingerprint density at radius 1 is 1.15 bits per heavy atom. The molecule has 0 saturated carbocycles. The van der Waals surface area contributed by atoms with E-state index in [1.54, 1.807) is 6.20 Å². The van der Waals surface area contributed by atoms with Crippen LogP contribution in [0.2, 0.25) is 0 Å². The highest BCUT2D eigenvalue weighted by Gasteiger charge is 2.39. The molecule has 0 aliphatic carbocycles. The van der Waals surface area contributed by atoms with Gasteiger partial charge in [-0.25, -0.2) is 4.98 Å². The summed E-state index contributed by atoms with van der Waals surface area (Å²) in [5.74, 6) is 1.34. The van der Waals surface area contributed by atoms with Gasteiger partial charge in [0, 0.05) is 12.7 Å². The number of hydrogen-bond acceptors (Lipinski definition) is 4. The number of fused-ring (bicyclic) bond motifs is 1. The molecule has 1 amide bonds. The molecule has 4 rings (SSSR count). The van der Waals surface area contributed by atoms with E-state index in [0.717, 1.165) is 25.2 Å². The number of likely N-dealkylation sites (tertiary alicyclic amines) is 1. The first-order chi connectivity index (χ1) is 12.8. The normalized spacial score (nSPS) is 21.3. The lowest BCUT2D eigenvalue weighted by atomic mass is 10.0. The molecule has 2 aromatic rings. The number of anilines is 1. The molecular weight excluding hydrogens is 326 g/mol. The zero-order chi connectivity index (χ0) is 17.9.